The molecule has 0 fully saturated rings. The predicted molar refractivity (Wildman–Crippen MR) is 125 cm³/mol. The molecule has 0 aliphatic carbocycles. The first-order chi connectivity index (χ1) is 16.0. The van der Waals surface area contributed by atoms with E-state index in [1.807, 2.05) is 18.3 Å². The average molecular weight is 461 g/mol. The van der Waals surface area contributed by atoms with Crippen LogP contribution < -0.4 is 10.3 Å². The van der Waals surface area contributed by atoms with E-state index in [2.05, 4.69) is 0 Å². The molecule has 0 atom stereocenters. The number of benzene rings is 1. The van der Waals surface area contributed by atoms with Crippen LogP contribution >= 0.6 is 0 Å². The van der Waals surface area contributed by atoms with E-state index >= 15 is 0 Å². The van der Waals surface area contributed by atoms with Crippen molar-refractivity contribution >= 4 is 11.4 Å². The number of nitro benzene ring substituents is 1. The average Bonchev–Trinajstić information content (AvgIpc) is 2.81. The summed E-state index contributed by atoms with van der Waals surface area (Å²) in [5.41, 5.74) is 6.39. The third kappa shape index (κ3) is 9.63. The van der Waals surface area contributed by atoms with E-state index in [9.17, 15) is 15.0 Å². The van der Waals surface area contributed by atoms with E-state index in [-0.39, 0.29) is 16.3 Å². The molecule has 0 aliphatic heterocycles. The van der Waals surface area contributed by atoms with Gasteiger partial charge in [-0.05, 0) is 38.3 Å². The second-order valence-electron chi connectivity index (χ2n) is 8.16. The van der Waals surface area contributed by atoms with Crippen LogP contribution in [0, 0.1) is 15.0 Å². The van der Waals surface area contributed by atoms with Crippen molar-refractivity contribution in [2.75, 3.05) is 19.8 Å². The van der Waals surface area contributed by atoms with E-state index in [0.29, 0.717) is 12.3 Å². The first-order valence-corrected chi connectivity index (χ1v) is 11.8. The molecule has 180 valence electrons. The van der Waals surface area contributed by atoms with Gasteiger partial charge < -0.3 is 10.5 Å². The van der Waals surface area contributed by atoms with Crippen molar-refractivity contribution in [3.8, 4) is 5.69 Å². The zero-order valence-electron chi connectivity index (χ0n) is 19.2. The minimum atomic E-state index is -0.572. The summed E-state index contributed by atoms with van der Waals surface area (Å²) in [5, 5.41) is 20.5. The second-order valence-corrected chi connectivity index (χ2v) is 8.16. The number of nitro groups is 1. The Kier molecular flexibility index (Phi) is 12.0. The van der Waals surface area contributed by atoms with Crippen molar-refractivity contribution < 1.29 is 24.4 Å². The topological polar surface area (TPSA) is 123 Å². The molecule has 9 heteroatoms. The Morgan fingerprint density at radius 1 is 0.939 bits per heavy atom. The van der Waals surface area contributed by atoms with E-state index < -0.39 is 4.92 Å². The lowest BCUT2D eigenvalue weighted by Crippen LogP contribution is -2.31. The maximum absolute atomic E-state index is 11.4. The zero-order chi connectivity index (χ0) is 23.9. The van der Waals surface area contributed by atoms with Gasteiger partial charge in [0.1, 0.15) is 6.07 Å². The van der Waals surface area contributed by atoms with Gasteiger partial charge in [0.05, 0.1) is 9.83 Å². The number of rotatable bonds is 17. The van der Waals surface area contributed by atoms with Crippen LogP contribution in [0.25, 0.3) is 5.69 Å². The monoisotopic (exact) mass is 460 g/mol. The normalized spacial score (nSPS) is 10.9. The SMILES string of the molecule is NCCCCCCCCCCOCCCc1ccc[n+](-c2ccc([N+](=O)O)cc2[N+](=O)[O-])c1. The molecule has 0 bridgehead atoms. The van der Waals surface area contributed by atoms with Gasteiger partial charge in [-0.25, -0.2) is 5.21 Å². The molecular formula is C24H36N4O5+2. The maximum Gasteiger partial charge on any atom is 0.347 e. The van der Waals surface area contributed by atoms with Crippen LogP contribution in [0.4, 0.5) is 11.4 Å². The van der Waals surface area contributed by atoms with Crippen LogP contribution in [0.1, 0.15) is 63.4 Å². The Bertz CT molecular complexity index is 891. The van der Waals surface area contributed by atoms with E-state index in [4.69, 9.17) is 15.7 Å². The maximum atomic E-state index is 11.4. The largest absolute Gasteiger partial charge is 0.381 e. The highest BCUT2D eigenvalue weighted by Crippen LogP contribution is 2.24. The van der Waals surface area contributed by atoms with Crippen molar-refractivity contribution in [1.82, 2.24) is 0 Å². The van der Waals surface area contributed by atoms with Gasteiger partial charge in [-0.3, -0.25) is 10.1 Å². The number of pyridine rings is 1. The van der Waals surface area contributed by atoms with Crippen LogP contribution in [-0.4, -0.2) is 34.8 Å². The Hall–Kier alpha value is -2.91. The molecular weight excluding hydrogens is 424 g/mol. The minimum absolute atomic E-state index is 0.193. The van der Waals surface area contributed by atoms with Crippen molar-refractivity contribution in [3.63, 3.8) is 0 Å². The summed E-state index contributed by atoms with van der Waals surface area (Å²) in [6.45, 7) is 2.26. The lowest BCUT2D eigenvalue weighted by atomic mass is 10.1. The summed E-state index contributed by atoms with van der Waals surface area (Å²) in [4.78, 5) is 21.5. The molecule has 33 heavy (non-hydrogen) atoms. The molecule has 0 radical (unpaired) electrons. The molecule has 1 heterocycles. The molecule has 0 saturated carbocycles. The van der Waals surface area contributed by atoms with E-state index in [1.165, 1.54) is 50.7 Å². The molecule has 0 unspecified atom stereocenters. The van der Waals surface area contributed by atoms with Crippen LogP contribution in [0.5, 0.6) is 0 Å². The van der Waals surface area contributed by atoms with Crippen LogP contribution in [-0.2, 0) is 11.2 Å². The van der Waals surface area contributed by atoms with Crippen molar-refractivity contribution in [2.45, 2.75) is 64.2 Å². The van der Waals surface area contributed by atoms with Crippen LogP contribution in [0.3, 0.4) is 0 Å². The first-order valence-electron chi connectivity index (χ1n) is 11.8. The van der Waals surface area contributed by atoms with Crippen molar-refractivity contribution in [3.05, 3.63) is 63.3 Å². The number of nitrogens with two attached hydrogens (primary N) is 1. The number of hydrogen-bond acceptors (Lipinski definition) is 5. The molecule has 0 aliphatic rings. The molecule has 1 aromatic carbocycles. The minimum Gasteiger partial charge on any atom is -0.381 e. The second kappa shape index (κ2) is 15.0. The molecule has 1 aromatic heterocycles. The summed E-state index contributed by atoms with van der Waals surface area (Å²) < 4.78 is 7.40. The molecule has 2 rings (SSSR count). The number of nitrogens with zero attached hydrogens (tertiary/aromatic N) is 3. The fourth-order valence-electron chi connectivity index (χ4n) is 3.71. The molecule has 0 spiro atoms. The fraction of sp³-hybridized carbons (Fsp3) is 0.542. The Labute approximate surface area is 194 Å². The van der Waals surface area contributed by atoms with Crippen LogP contribution in [0.2, 0.25) is 0 Å². The Balaban J connectivity index is 1.72. The highest BCUT2D eigenvalue weighted by Gasteiger charge is 2.27. The van der Waals surface area contributed by atoms with Gasteiger partial charge in [0.25, 0.3) is 10.6 Å². The number of ether oxygens (including phenoxy) is 1. The number of unbranched alkanes of at least 4 members (excludes halogenated alkanes) is 7. The number of aryl methyl sites for hydroxylation is 1. The third-order valence-electron chi connectivity index (χ3n) is 5.51. The predicted octanol–water partition coefficient (Wildman–Crippen LogP) is 4.70. The van der Waals surface area contributed by atoms with Crippen LogP contribution in [0.15, 0.2) is 42.7 Å². The van der Waals surface area contributed by atoms with Gasteiger partial charge in [-0.1, -0.05) is 38.5 Å². The summed E-state index contributed by atoms with van der Waals surface area (Å²) >= 11 is 0. The molecule has 0 amide bonds. The summed E-state index contributed by atoms with van der Waals surface area (Å²) in [5.74, 6) is 0. The Morgan fingerprint density at radius 3 is 2.27 bits per heavy atom. The van der Waals surface area contributed by atoms with Gasteiger partial charge in [-0.15, -0.1) is 0 Å². The highest BCUT2D eigenvalue weighted by atomic mass is 16.6. The highest BCUT2D eigenvalue weighted by molar-refractivity contribution is 5.53. The molecule has 3 N–H and O–H groups in total. The van der Waals surface area contributed by atoms with Crippen molar-refractivity contribution in [2.24, 2.45) is 5.73 Å². The van der Waals surface area contributed by atoms with Gasteiger partial charge in [-0.2, -0.15) is 4.57 Å². The lowest BCUT2D eigenvalue weighted by Gasteiger charge is -2.05. The summed E-state index contributed by atoms with van der Waals surface area (Å²) in [6, 6.07) is 7.64. The fourth-order valence-corrected chi connectivity index (χ4v) is 3.71. The third-order valence-corrected chi connectivity index (χ3v) is 5.51. The molecule has 0 saturated heterocycles. The van der Waals surface area contributed by atoms with E-state index in [1.54, 1.807) is 10.8 Å². The standard InChI is InChI=1S/C24H36N4O5/c25-15-7-5-3-1-2-4-6-8-17-33-18-10-12-21-11-9-16-26(20-21)23-14-13-22(27(29)30)19-24(23)28(31)32/h9,11,13-14,16,19-20H,1-8,10,12,15,17-18,25H2,(H,29,30)/q+2. The number of hydrogen-bond donors (Lipinski definition) is 2. The lowest BCUT2D eigenvalue weighted by molar-refractivity contribution is -0.730. The first kappa shape index (κ1) is 26.3. The van der Waals surface area contributed by atoms with Gasteiger partial charge in [0, 0.05) is 37.0 Å². The zero-order valence-corrected chi connectivity index (χ0v) is 19.2. The summed E-state index contributed by atoms with van der Waals surface area (Å²) in [7, 11) is 0. The Morgan fingerprint density at radius 2 is 1.61 bits per heavy atom. The number of aromatic nitrogens is 1. The van der Waals surface area contributed by atoms with Crippen molar-refractivity contribution in [1.29, 1.82) is 0 Å². The van der Waals surface area contributed by atoms with Gasteiger partial charge >= 0.3 is 11.4 Å². The van der Waals surface area contributed by atoms with Gasteiger partial charge in [0.15, 0.2) is 12.4 Å². The smallest absolute Gasteiger partial charge is 0.347 e. The summed E-state index contributed by atoms with van der Waals surface area (Å²) in [6.07, 6.45) is 15.0. The quantitative estimate of drug-likeness (QED) is 0.153. The molecule has 9 nitrogen and oxygen atoms in total. The van der Waals surface area contributed by atoms with Gasteiger partial charge in [0.2, 0.25) is 0 Å². The molecule has 2 aromatic rings. The van der Waals surface area contributed by atoms with E-state index in [0.717, 1.165) is 50.5 Å².